The summed E-state index contributed by atoms with van der Waals surface area (Å²) < 4.78 is 5.83. The minimum Gasteiger partial charge on any atom is -0.489 e. The lowest BCUT2D eigenvalue weighted by Gasteiger charge is -2.08. The monoisotopic (exact) mass is 352 g/mol. The first kappa shape index (κ1) is 16.6. The molecule has 0 aliphatic heterocycles. The number of hydrogen-bond donors (Lipinski definition) is 1. The molecule has 0 saturated carbocycles. The normalized spacial score (nSPS) is 10.3. The van der Waals surface area contributed by atoms with Crippen molar-refractivity contribution in [2.24, 2.45) is 0 Å². The molecular formula is C22H16N4O. The molecule has 4 aromatic rings. The summed E-state index contributed by atoms with van der Waals surface area (Å²) in [4.78, 5) is 0. The van der Waals surface area contributed by atoms with Crippen LogP contribution in [-0.2, 0) is 6.61 Å². The molecule has 0 unspecified atom stereocenters. The average Bonchev–Trinajstić information content (AvgIpc) is 3.22. The number of nitrogens with one attached hydrogen (secondary N) is 1. The number of benzene rings is 3. The number of aromatic nitrogens is 3. The van der Waals surface area contributed by atoms with Gasteiger partial charge in [0.05, 0.1) is 0 Å². The van der Waals surface area contributed by atoms with Crippen LogP contribution in [0.5, 0.6) is 5.75 Å². The first-order valence-electron chi connectivity index (χ1n) is 8.52. The van der Waals surface area contributed by atoms with Gasteiger partial charge < -0.3 is 4.74 Å². The number of H-pyrrole nitrogens is 1. The van der Waals surface area contributed by atoms with Crippen LogP contribution in [0.4, 0.5) is 0 Å². The fourth-order valence-corrected chi connectivity index (χ4v) is 2.81. The molecule has 0 spiro atoms. The van der Waals surface area contributed by atoms with Crippen LogP contribution in [0, 0.1) is 11.3 Å². The van der Waals surface area contributed by atoms with Gasteiger partial charge in [0.15, 0.2) is 5.69 Å². The van der Waals surface area contributed by atoms with Crippen molar-refractivity contribution in [2.75, 3.05) is 0 Å². The number of rotatable bonds is 5. The molecule has 0 radical (unpaired) electrons. The maximum absolute atomic E-state index is 9.07. The van der Waals surface area contributed by atoms with E-state index in [0.29, 0.717) is 18.0 Å². The van der Waals surface area contributed by atoms with Crippen molar-refractivity contribution in [3.05, 3.63) is 90.1 Å². The van der Waals surface area contributed by atoms with Gasteiger partial charge in [-0.2, -0.15) is 5.26 Å². The van der Waals surface area contributed by atoms with Crippen LogP contribution in [0.2, 0.25) is 0 Å². The van der Waals surface area contributed by atoms with E-state index in [1.165, 1.54) is 0 Å². The number of nitriles is 1. The summed E-state index contributed by atoms with van der Waals surface area (Å²) in [5, 5.41) is 19.3. The highest BCUT2D eigenvalue weighted by atomic mass is 16.5. The second kappa shape index (κ2) is 7.54. The first-order chi connectivity index (χ1) is 13.3. The predicted octanol–water partition coefficient (Wildman–Crippen LogP) is 4.59. The molecule has 0 bridgehead atoms. The topological polar surface area (TPSA) is 74.6 Å². The summed E-state index contributed by atoms with van der Waals surface area (Å²) in [7, 11) is 0. The molecule has 4 rings (SSSR count). The Bertz CT molecular complexity index is 1060. The van der Waals surface area contributed by atoms with Crippen molar-refractivity contribution in [2.45, 2.75) is 6.61 Å². The molecule has 1 aromatic heterocycles. The average molecular weight is 352 g/mol. The van der Waals surface area contributed by atoms with Crippen molar-refractivity contribution in [1.82, 2.24) is 15.4 Å². The predicted molar refractivity (Wildman–Crippen MR) is 103 cm³/mol. The van der Waals surface area contributed by atoms with Crippen molar-refractivity contribution < 1.29 is 4.74 Å². The first-order valence-corrected chi connectivity index (χ1v) is 8.52. The molecule has 0 amide bonds. The number of ether oxygens (including phenoxy) is 1. The maximum atomic E-state index is 9.07. The molecule has 1 N–H and O–H groups in total. The fourth-order valence-electron chi connectivity index (χ4n) is 2.81. The number of nitrogens with zero attached hydrogens (tertiary/aromatic N) is 3. The SMILES string of the molecule is N#Cc1[nH]nnc1-c1ccc(-c2ccc(OCc3ccccc3)cc2)cc1. The molecule has 130 valence electrons. The summed E-state index contributed by atoms with van der Waals surface area (Å²) in [5.74, 6) is 0.834. The molecule has 1 heterocycles. The Morgan fingerprint density at radius 1 is 0.815 bits per heavy atom. The van der Waals surface area contributed by atoms with E-state index in [1.54, 1.807) is 0 Å². The quantitative estimate of drug-likeness (QED) is 0.570. The van der Waals surface area contributed by atoms with E-state index < -0.39 is 0 Å². The molecule has 5 nitrogen and oxygen atoms in total. The summed E-state index contributed by atoms with van der Waals surface area (Å²) in [6.45, 7) is 0.549. The molecule has 0 atom stereocenters. The second-order valence-electron chi connectivity index (χ2n) is 6.02. The van der Waals surface area contributed by atoms with Gasteiger partial charge in [0.1, 0.15) is 24.1 Å². The van der Waals surface area contributed by atoms with Crippen LogP contribution in [0.3, 0.4) is 0 Å². The standard InChI is InChI=1S/C22H16N4O/c23-14-21-22(25-26-24-21)19-8-6-17(7-9-19)18-10-12-20(13-11-18)27-15-16-4-2-1-3-5-16/h1-13H,15H2,(H,24,25,26). The van der Waals surface area contributed by atoms with Gasteiger partial charge in [-0.25, -0.2) is 5.10 Å². The lowest BCUT2D eigenvalue weighted by Crippen LogP contribution is -1.94. The van der Waals surface area contributed by atoms with E-state index in [2.05, 4.69) is 21.5 Å². The Balaban J connectivity index is 1.47. The van der Waals surface area contributed by atoms with Crippen molar-refractivity contribution in [3.8, 4) is 34.2 Å². The van der Waals surface area contributed by atoms with E-state index >= 15 is 0 Å². The third kappa shape index (κ3) is 3.70. The summed E-state index contributed by atoms with van der Waals surface area (Å²) >= 11 is 0. The molecule has 27 heavy (non-hydrogen) atoms. The van der Waals surface area contributed by atoms with Crippen LogP contribution in [0.15, 0.2) is 78.9 Å². The molecule has 0 fully saturated rings. The maximum Gasteiger partial charge on any atom is 0.163 e. The minimum absolute atomic E-state index is 0.364. The number of aromatic amines is 1. The van der Waals surface area contributed by atoms with Crippen LogP contribution in [0.25, 0.3) is 22.4 Å². The molecule has 0 aliphatic carbocycles. The highest BCUT2D eigenvalue weighted by Crippen LogP contribution is 2.26. The Hall–Kier alpha value is -3.91. The Morgan fingerprint density at radius 2 is 1.44 bits per heavy atom. The molecule has 5 heteroatoms. The Labute approximate surface area is 156 Å². The van der Waals surface area contributed by atoms with Crippen molar-refractivity contribution in [3.63, 3.8) is 0 Å². The summed E-state index contributed by atoms with van der Waals surface area (Å²) in [6, 6.07) is 28.0. The fraction of sp³-hybridized carbons (Fsp3) is 0.0455. The van der Waals surface area contributed by atoms with Gasteiger partial charge in [0, 0.05) is 5.56 Å². The van der Waals surface area contributed by atoms with Gasteiger partial charge in [-0.05, 0) is 28.8 Å². The number of hydrogen-bond acceptors (Lipinski definition) is 4. The highest BCUT2D eigenvalue weighted by molar-refractivity contribution is 5.70. The van der Waals surface area contributed by atoms with Gasteiger partial charge in [-0.3, -0.25) is 0 Å². The van der Waals surface area contributed by atoms with Gasteiger partial charge in [-0.1, -0.05) is 71.9 Å². The van der Waals surface area contributed by atoms with Gasteiger partial charge in [-0.15, -0.1) is 5.10 Å². The zero-order valence-corrected chi connectivity index (χ0v) is 14.5. The smallest absolute Gasteiger partial charge is 0.163 e. The molecule has 0 saturated heterocycles. The van der Waals surface area contributed by atoms with E-state index in [4.69, 9.17) is 10.00 Å². The summed E-state index contributed by atoms with van der Waals surface area (Å²) in [5.41, 5.74) is 5.09. The van der Waals surface area contributed by atoms with Crippen LogP contribution < -0.4 is 4.74 Å². The second-order valence-corrected chi connectivity index (χ2v) is 6.02. The van der Waals surface area contributed by atoms with Crippen molar-refractivity contribution >= 4 is 0 Å². The van der Waals surface area contributed by atoms with Gasteiger partial charge in [0.25, 0.3) is 0 Å². The van der Waals surface area contributed by atoms with E-state index in [0.717, 1.165) is 28.0 Å². The van der Waals surface area contributed by atoms with Crippen LogP contribution >= 0.6 is 0 Å². The lowest BCUT2D eigenvalue weighted by atomic mass is 10.0. The third-order valence-corrected chi connectivity index (χ3v) is 4.25. The molecular weight excluding hydrogens is 336 g/mol. The Morgan fingerprint density at radius 3 is 2.11 bits per heavy atom. The minimum atomic E-state index is 0.364. The van der Waals surface area contributed by atoms with Crippen LogP contribution in [0.1, 0.15) is 11.3 Å². The van der Waals surface area contributed by atoms with Gasteiger partial charge >= 0.3 is 0 Å². The summed E-state index contributed by atoms with van der Waals surface area (Å²) in [6.07, 6.45) is 0. The molecule has 0 aliphatic rings. The zero-order chi connectivity index (χ0) is 18.5. The molecule has 3 aromatic carbocycles. The highest BCUT2D eigenvalue weighted by Gasteiger charge is 2.09. The third-order valence-electron chi connectivity index (χ3n) is 4.25. The largest absolute Gasteiger partial charge is 0.489 e. The van der Waals surface area contributed by atoms with E-state index in [1.807, 2.05) is 78.9 Å². The van der Waals surface area contributed by atoms with Crippen LogP contribution in [-0.4, -0.2) is 15.4 Å². The lowest BCUT2D eigenvalue weighted by molar-refractivity contribution is 0.306. The van der Waals surface area contributed by atoms with Crippen molar-refractivity contribution in [1.29, 1.82) is 5.26 Å². The Kier molecular flexibility index (Phi) is 4.62. The van der Waals surface area contributed by atoms with E-state index in [9.17, 15) is 0 Å². The van der Waals surface area contributed by atoms with E-state index in [-0.39, 0.29) is 0 Å². The zero-order valence-electron chi connectivity index (χ0n) is 14.5. The van der Waals surface area contributed by atoms with Gasteiger partial charge in [0.2, 0.25) is 0 Å².